The summed E-state index contributed by atoms with van der Waals surface area (Å²) in [5.74, 6) is -0.0737. The molecule has 1 amide bonds. The zero-order valence-electron chi connectivity index (χ0n) is 18.3. The zero-order chi connectivity index (χ0) is 22.5. The third kappa shape index (κ3) is 3.45. The lowest BCUT2D eigenvalue weighted by molar-refractivity contribution is -0.121. The molecule has 1 aromatic carbocycles. The van der Waals surface area contributed by atoms with Crippen LogP contribution in [0.4, 0.5) is 10.1 Å². The number of hydrogen-bond acceptors (Lipinski definition) is 4. The van der Waals surface area contributed by atoms with Crippen LogP contribution in [0, 0.1) is 0 Å². The molecule has 2 N–H and O–H groups in total. The van der Waals surface area contributed by atoms with E-state index in [1.165, 1.54) is 19.4 Å². The molecule has 3 aromatic heterocycles. The largest absolute Gasteiger partial charge is 0.322 e. The van der Waals surface area contributed by atoms with Gasteiger partial charge in [0.15, 0.2) is 0 Å². The van der Waals surface area contributed by atoms with Crippen molar-refractivity contribution in [3.63, 3.8) is 0 Å². The molecule has 32 heavy (non-hydrogen) atoms. The molecule has 7 nitrogen and oxygen atoms in total. The fourth-order valence-electron chi connectivity index (χ4n) is 4.46. The lowest BCUT2D eigenvalue weighted by atomic mass is 9.83. The first kappa shape index (κ1) is 20.4. The highest BCUT2D eigenvalue weighted by Crippen LogP contribution is 2.40. The molecule has 5 rings (SSSR count). The van der Waals surface area contributed by atoms with E-state index in [0.717, 1.165) is 29.3 Å². The van der Waals surface area contributed by atoms with Gasteiger partial charge in [-0.25, -0.2) is 4.39 Å². The Bertz CT molecular complexity index is 1320. The Balaban J connectivity index is 1.46. The number of fused-ring (bicyclic) bond motifs is 2. The molecule has 0 fully saturated rings. The summed E-state index contributed by atoms with van der Waals surface area (Å²) in [6, 6.07) is 9.93. The van der Waals surface area contributed by atoms with Crippen LogP contribution in [0.1, 0.15) is 38.3 Å². The molecular formula is C24H25FN6O. The summed E-state index contributed by atoms with van der Waals surface area (Å²) in [6.45, 7) is 5.15. The number of amides is 1. The predicted molar refractivity (Wildman–Crippen MR) is 121 cm³/mol. The van der Waals surface area contributed by atoms with Crippen LogP contribution in [-0.2, 0) is 23.2 Å². The number of carbonyl (C=O) groups excluding carboxylic acids is 1. The lowest BCUT2D eigenvalue weighted by Gasteiger charge is -2.24. The first-order valence-electron chi connectivity index (χ1n) is 10.7. The van der Waals surface area contributed by atoms with Gasteiger partial charge in [0.05, 0.1) is 41.3 Å². The van der Waals surface area contributed by atoms with Gasteiger partial charge in [-0.1, -0.05) is 24.3 Å². The molecule has 1 aliphatic rings. The summed E-state index contributed by atoms with van der Waals surface area (Å²) >= 11 is 0. The molecule has 1 aliphatic carbocycles. The van der Waals surface area contributed by atoms with Crippen molar-refractivity contribution >= 4 is 22.5 Å². The molecule has 0 radical (unpaired) electrons. The number of aromatic nitrogens is 5. The summed E-state index contributed by atoms with van der Waals surface area (Å²) in [4.78, 5) is 17.8. The lowest BCUT2D eigenvalue weighted by Crippen LogP contribution is -2.35. The number of benzene rings is 1. The highest BCUT2D eigenvalue weighted by molar-refractivity contribution is 6.01. The zero-order valence-corrected chi connectivity index (χ0v) is 18.3. The monoisotopic (exact) mass is 432 g/mol. The minimum Gasteiger partial charge on any atom is -0.322 e. The summed E-state index contributed by atoms with van der Waals surface area (Å²) in [5.41, 5.74) is 2.81. The van der Waals surface area contributed by atoms with Gasteiger partial charge in [-0.05, 0) is 50.8 Å². The van der Waals surface area contributed by atoms with E-state index in [0.29, 0.717) is 17.1 Å². The van der Waals surface area contributed by atoms with Crippen molar-refractivity contribution in [3.05, 3.63) is 60.0 Å². The number of H-pyrrole nitrogens is 1. The van der Waals surface area contributed by atoms with Gasteiger partial charge in [0, 0.05) is 11.6 Å². The fourth-order valence-corrected chi connectivity index (χ4v) is 4.46. The van der Waals surface area contributed by atoms with E-state index in [2.05, 4.69) is 31.7 Å². The average molecular weight is 433 g/mol. The number of hydrogen-bond donors (Lipinski definition) is 2. The Hall–Kier alpha value is -3.55. The molecule has 1 atom stereocenters. The number of aromatic amines is 1. The highest BCUT2D eigenvalue weighted by Gasteiger charge is 2.41. The number of nitrogens with one attached hydrogen (secondary N) is 2. The molecule has 1 unspecified atom stereocenters. The van der Waals surface area contributed by atoms with Crippen LogP contribution in [0.15, 0.2) is 48.9 Å². The van der Waals surface area contributed by atoms with Crippen LogP contribution in [0.25, 0.3) is 22.3 Å². The first-order chi connectivity index (χ1) is 15.2. The van der Waals surface area contributed by atoms with Gasteiger partial charge in [0.1, 0.15) is 11.4 Å². The average Bonchev–Trinajstić information content (AvgIpc) is 3.46. The van der Waals surface area contributed by atoms with E-state index < -0.39 is 11.1 Å². The first-order valence-corrected chi connectivity index (χ1v) is 10.7. The van der Waals surface area contributed by atoms with E-state index in [1.54, 1.807) is 23.3 Å². The Morgan fingerprint density at radius 1 is 1.28 bits per heavy atom. The third-order valence-electron chi connectivity index (χ3n) is 6.20. The number of nitrogens with zero attached hydrogens (tertiary/aromatic N) is 4. The number of aryl methyl sites for hydroxylation is 1. The SMILES string of the molecule is CC(C)(F)Cn1ncc2cnc(-c3[nH]ncc3NC(=O)C3(C)CCc4ccccc43)cc21. The second-order valence-electron chi connectivity index (χ2n) is 9.25. The summed E-state index contributed by atoms with van der Waals surface area (Å²) in [7, 11) is 0. The van der Waals surface area contributed by atoms with E-state index in [4.69, 9.17) is 0 Å². The maximum Gasteiger partial charge on any atom is 0.234 e. The number of rotatable bonds is 5. The summed E-state index contributed by atoms with van der Waals surface area (Å²) in [6.07, 6.45) is 6.59. The predicted octanol–water partition coefficient (Wildman–Crippen LogP) is 4.41. The Morgan fingerprint density at radius 2 is 2.09 bits per heavy atom. The molecule has 0 spiro atoms. The maximum absolute atomic E-state index is 14.2. The molecule has 164 valence electrons. The van der Waals surface area contributed by atoms with Gasteiger partial charge in [-0.3, -0.25) is 19.6 Å². The molecular weight excluding hydrogens is 407 g/mol. The molecule has 3 heterocycles. The Kier molecular flexibility index (Phi) is 4.62. The standard InChI is InChI=1S/C24H25FN6O/c1-23(2,25)14-31-20-10-18(26-11-16(20)12-28-31)21-19(13-27-30-21)29-22(32)24(3)9-8-15-6-4-5-7-17(15)24/h4-7,10-13H,8-9,14H2,1-3H3,(H,27,30)(H,29,32). The highest BCUT2D eigenvalue weighted by atomic mass is 19.1. The number of halogens is 1. The van der Waals surface area contributed by atoms with E-state index in [1.807, 2.05) is 31.2 Å². The molecule has 0 bridgehead atoms. The second kappa shape index (κ2) is 7.25. The molecule has 0 saturated carbocycles. The van der Waals surface area contributed by atoms with Crippen molar-refractivity contribution in [1.29, 1.82) is 0 Å². The van der Waals surface area contributed by atoms with Crippen LogP contribution in [-0.4, -0.2) is 36.5 Å². The normalized spacial score (nSPS) is 18.1. The number of anilines is 1. The molecule has 8 heteroatoms. The van der Waals surface area contributed by atoms with Crippen molar-refractivity contribution in [3.8, 4) is 11.4 Å². The van der Waals surface area contributed by atoms with Gasteiger partial charge >= 0.3 is 0 Å². The maximum atomic E-state index is 14.2. The second-order valence-corrected chi connectivity index (χ2v) is 9.25. The van der Waals surface area contributed by atoms with Crippen molar-refractivity contribution in [2.45, 2.75) is 51.2 Å². The van der Waals surface area contributed by atoms with Gasteiger partial charge in [-0.2, -0.15) is 10.2 Å². The minimum absolute atomic E-state index is 0.0737. The van der Waals surface area contributed by atoms with Gasteiger partial charge in [0.25, 0.3) is 0 Å². The van der Waals surface area contributed by atoms with Crippen LogP contribution in [0.3, 0.4) is 0 Å². The Labute approximate surface area is 185 Å². The summed E-state index contributed by atoms with van der Waals surface area (Å²) < 4.78 is 15.8. The fraction of sp³-hybridized carbons (Fsp3) is 0.333. The minimum atomic E-state index is -1.40. The Morgan fingerprint density at radius 3 is 2.91 bits per heavy atom. The van der Waals surface area contributed by atoms with Crippen molar-refractivity contribution in [2.24, 2.45) is 0 Å². The quantitative estimate of drug-likeness (QED) is 0.489. The number of pyridine rings is 1. The number of alkyl halides is 1. The van der Waals surface area contributed by atoms with E-state index in [-0.39, 0.29) is 12.5 Å². The van der Waals surface area contributed by atoms with Crippen LogP contribution >= 0.6 is 0 Å². The van der Waals surface area contributed by atoms with E-state index >= 15 is 0 Å². The van der Waals surface area contributed by atoms with Crippen LogP contribution in [0.5, 0.6) is 0 Å². The van der Waals surface area contributed by atoms with Crippen molar-refractivity contribution in [1.82, 2.24) is 25.0 Å². The van der Waals surface area contributed by atoms with Gasteiger partial charge < -0.3 is 5.32 Å². The van der Waals surface area contributed by atoms with Crippen molar-refractivity contribution in [2.75, 3.05) is 5.32 Å². The van der Waals surface area contributed by atoms with Crippen LogP contribution < -0.4 is 5.32 Å². The van der Waals surface area contributed by atoms with Crippen molar-refractivity contribution < 1.29 is 9.18 Å². The smallest absolute Gasteiger partial charge is 0.234 e. The number of carbonyl (C=O) groups is 1. The molecule has 0 saturated heterocycles. The summed E-state index contributed by atoms with van der Waals surface area (Å²) in [5, 5.41) is 15.2. The third-order valence-corrected chi connectivity index (χ3v) is 6.20. The van der Waals surface area contributed by atoms with Crippen LogP contribution in [0.2, 0.25) is 0 Å². The van der Waals surface area contributed by atoms with Gasteiger partial charge in [-0.15, -0.1) is 0 Å². The topological polar surface area (TPSA) is 88.5 Å². The molecule has 0 aliphatic heterocycles. The molecule has 4 aromatic rings. The van der Waals surface area contributed by atoms with Gasteiger partial charge in [0.2, 0.25) is 5.91 Å². The van der Waals surface area contributed by atoms with E-state index in [9.17, 15) is 9.18 Å².